The molecule has 6 nitrogen and oxygen atoms in total. The Bertz CT molecular complexity index is 907. The van der Waals surface area contributed by atoms with Crippen molar-refractivity contribution < 1.29 is 13.9 Å². The summed E-state index contributed by atoms with van der Waals surface area (Å²) in [5.74, 6) is 1.39. The molecule has 1 N–H and O–H groups in total. The summed E-state index contributed by atoms with van der Waals surface area (Å²) in [5, 5.41) is 5.61. The quantitative estimate of drug-likeness (QED) is 0.726. The molecular weight excluding hydrogens is 362 g/mol. The van der Waals surface area contributed by atoms with E-state index < -0.39 is 0 Å². The topological polar surface area (TPSA) is 67.6 Å². The maximum atomic E-state index is 12.6. The van der Waals surface area contributed by atoms with E-state index in [1.54, 1.807) is 18.8 Å². The molecule has 1 unspecified atom stereocenters. The number of hydrogen-bond acceptors (Lipinski definition) is 6. The Morgan fingerprint density at radius 1 is 1.33 bits per heavy atom. The normalized spacial score (nSPS) is 16.9. The van der Waals surface area contributed by atoms with Crippen LogP contribution in [0.25, 0.3) is 10.8 Å². The number of carbonyl (C=O) groups excluding carboxylic acids is 1. The maximum absolute atomic E-state index is 12.6. The number of ether oxygens (including phenoxy) is 1. The molecule has 1 saturated heterocycles. The number of piperidine rings is 1. The van der Waals surface area contributed by atoms with Gasteiger partial charge in [-0.2, -0.15) is 0 Å². The molecule has 1 fully saturated rings. The third kappa shape index (κ3) is 3.83. The number of anilines is 1. The summed E-state index contributed by atoms with van der Waals surface area (Å²) >= 11 is 1.41. The Labute approximate surface area is 161 Å². The number of carbonyl (C=O) groups is 1. The monoisotopic (exact) mass is 383 g/mol. The number of para-hydroxylation sites is 2. The van der Waals surface area contributed by atoms with Crippen molar-refractivity contribution >= 4 is 22.9 Å². The average Bonchev–Trinajstić information content (AvgIpc) is 3.39. The van der Waals surface area contributed by atoms with Crippen LogP contribution in [0.1, 0.15) is 23.3 Å². The van der Waals surface area contributed by atoms with Crippen molar-refractivity contribution in [2.45, 2.75) is 18.9 Å². The highest BCUT2D eigenvalue weighted by Crippen LogP contribution is 2.30. The fraction of sp³-hybridized carbons (Fsp3) is 0.300. The summed E-state index contributed by atoms with van der Waals surface area (Å²) in [4.78, 5) is 19.3. The minimum absolute atomic E-state index is 0.0740. The molecule has 1 aliphatic heterocycles. The molecular formula is C20H21N3O3S. The molecule has 1 atom stereocenters. The van der Waals surface area contributed by atoms with E-state index in [-0.39, 0.29) is 11.9 Å². The molecule has 4 rings (SSSR count). The van der Waals surface area contributed by atoms with Crippen LogP contribution in [0, 0.1) is 0 Å². The van der Waals surface area contributed by atoms with E-state index in [2.05, 4.69) is 21.3 Å². The minimum atomic E-state index is -0.143. The van der Waals surface area contributed by atoms with Gasteiger partial charge in [-0.05, 0) is 37.1 Å². The van der Waals surface area contributed by atoms with Crippen LogP contribution in [0.4, 0.5) is 5.69 Å². The first-order valence-electron chi connectivity index (χ1n) is 8.93. The largest absolute Gasteiger partial charge is 0.495 e. The Morgan fingerprint density at radius 3 is 3.04 bits per heavy atom. The highest BCUT2D eigenvalue weighted by molar-refractivity contribution is 7.13. The van der Waals surface area contributed by atoms with Gasteiger partial charge < -0.3 is 19.4 Å². The molecule has 1 aromatic carbocycles. The van der Waals surface area contributed by atoms with Crippen molar-refractivity contribution in [3.05, 3.63) is 53.7 Å². The molecule has 3 heterocycles. The predicted octanol–water partition coefficient (Wildman–Crippen LogP) is 3.81. The second kappa shape index (κ2) is 7.84. The van der Waals surface area contributed by atoms with Gasteiger partial charge in [0.05, 0.1) is 19.1 Å². The van der Waals surface area contributed by atoms with Crippen molar-refractivity contribution in [2.75, 3.05) is 25.1 Å². The Hall–Kier alpha value is -2.80. The number of thiazole rings is 1. The van der Waals surface area contributed by atoms with E-state index in [1.165, 1.54) is 11.3 Å². The van der Waals surface area contributed by atoms with Crippen LogP contribution >= 0.6 is 11.3 Å². The summed E-state index contributed by atoms with van der Waals surface area (Å²) < 4.78 is 10.8. The first-order valence-corrected chi connectivity index (χ1v) is 9.81. The molecule has 140 valence electrons. The highest BCUT2D eigenvalue weighted by Gasteiger charge is 2.24. The van der Waals surface area contributed by atoms with Gasteiger partial charge in [-0.25, -0.2) is 4.98 Å². The number of aromatic nitrogens is 1. The molecule has 1 aliphatic rings. The van der Waals surface area contributed by atoms with Crippen molar-refractivity contribution in [1.29, 1.82) is 0 Å². The van der Waals surface area contributed by atoms with Gasteiger partial charge in [0.25, 0.3) is 5.91 Å². The van der Waals surface area contributed by atoms with E-state index in [9.17, 15) is 4.79 Å². The third-order valence-electron chi connectivity index (χ3n) is 4.65. The van der Waals surface area contributed by atoms with Crippen LogP contribution in [0.2, 0.25) is 0 Å². The number of hydrogen-bond donors (Lipinski definition) is 1. The Balaban J connectivity index is 1.42. The first kappa shape index (κ1) is 17.6. The lowest BCUT2D eigenvalue weighted by molar-refractivity contribution is 0.0929. The molecule has 0 saturated carbocycles. The number of benzene rings is 1. The number of nitrogens with one attached hydrogen (secondary N) is 1. The number of nitrogens with zero attached hydrogens (tertiary/aromatic N) is 2. The van der Waals surface area contributed by atoms with Crippen LogP contribution < -0.4 is 15.0 Å². The number of amides is 1. The summed E-state index contributed by atoms with van der Waals surface area (Å²) in [6.45, 7) is 1.70. The number of methoxy groups -OCH3 is 1. The summed E-state index contributed by atoms with van der Waals surface area (Å²) in [5.41, 5.74) is 1.49. The molecule has 2 aromatic heterocycles. The lowest BCUT2D eigenvalue weighted by Crippen LogP contribution is -2.48. The average molecular weight is 383 g/mol. The van der Waals surface area contributed by atoms with E-state index in [0.717, 1.165) is 37.4 Å². The second-order valence-corrected chi connectivity index (χ2v) is 7.30. The SMILES string of the molecule is COc1ccccc1N1CCCC(NC(=O)c2csc(-c3ccco3)n2)C1. The highest BCUT2D eigenvalue weighted by atomic mass is 32.1. The Kier molecular flexibility index (Phi) is 5.11. The first-order chi connectivity index (χ1) is 13.2. The van der Waals surface area contributed by atoms with Gasteiger partial charge in [0.2, 0.25) is 0 Å². The van der Waals surface area contributed by atoms with Gasteiger partial charge in [-0.3, -0.25) is 4.79 Å². The van der Waals surface area contributed by atoms with Crippen molar-refractivity contribution in [3.8, 4) is 16.5 Å². The van der Waals surface area contributed by atoms with E-state index in [4.69, 9.17) is 9.15 Å². The molecule has 0 bridgehead atoms. The summed E-state index contributed by atoms with van der Waals surface area (Å²) in [6, 6.07) is 11.7. The zero-order valence-electron chi connectivity index (χ0n) is 15.1. The molecule has 3 aromatic rings. The third-order valence-corrected chi connectivity index (χ3v) is 5.51. The van der Waals surface area contributed by atoms with Crippen molar-refractivity contribution in [2.24, 2.45) is 0 Å². The van der Waals surface area contributed by atoms with Gasteiger partial charge >= 0.3 is 0 Å². The molecule has 0 radical (unpaired) electrons. The van der Waals surface area contributed by atoms with E-state index in [1.807, 2.05) is 30.3 Å². The fourth-order valence-electron chi connectivity index (χ4n) is 3.36. The van der Waals surface area contributed by atoms with Crippen LogP contribution in [0.5, 0.6) is 5.75 Å². The standard InChI is InChI=1S/C20H21N3O3S/c1-25-17-8-3-2-7-16(17)23-10-4-6-14(12-23)21-19(24)15-13-27-20(22-15)18-9-5-11-26-18/h2-3,5,7-9,11,13-14H,4,6,10,12H2,1H3,(H,21,24). The fourth-order valence-corrected chi connectivity index (χ4v) is 4.12. The summed E-state index contributed by atoms with van der Waals surface area (Å²) in [6.07, 6.45) is 3.56. The van der Waals surface area contributed by atoms with Crippen LogP contribution in [-0.2, 0) is 0 Å². The molecule has 0 spiro atoms. The van der Waals surface area contributed by atoms with Crippen molar-refractivity contribution in [3.63, 3.8) is 0 Å². The molecule has 1 amide bonds. The second-order valence-electron chi connectivity index (χ2n) is 6.45. The van der Waals surface area contributed by atoms with Crippen LogP contribution in [-0.4, -0.2) is 37.1 Å². The van der Waals surface area contributed by atoms with Gasteiger partial charge in [0, 0.05) is 24.5 Å². The minimum Gasteiger partial charge on any atom is -0.495 e. The Morgan fingerprint density at radius 2 is 2.22 bits per heavy atom. The lowest BCUT2D eigenvalue weighted by Gasteiger charge is -2.35. The molecule has 0 aliphatic carbocycles. The van der Waals surface area contributed by atoms with Crippen LogP contribution in [0.15, 0.2) is 52.5 Å². The van der Waals surface area contributed by atoms with E-state index in [0.29, 0.717) is 16.5 Å². The zero-order chi connectivity index (χ0) is 18.6. The molecule has 7 heteroatoms. The molecule has 27 heavy (non-hydrogen) atoms. The summed E-state index contributed by atoms with van der Waals surface area (Å²) in [7, 11) is 1.68. The predicted molar refractivity (Wildman–Crippen MR) is 106 cm³/mol. The van der Waals surface area contributed by atoms with Gasteiger partial charge in [-0.1, -0.05) is 12.1 Å². The lowest BCUT2D eigenvalue weighted by atomic mass is 10.0. The number of furan rings is 1. The van der Waals surface area contributed by atoms with Gasteiger partial charge in [0.15, 0.2) is 10.8 Å². The number of rotatable bonds is 5. The van der Waals surface area contributed by atoms with Crippen LogP contribution in [0.3, 0.4) is 0 Å². The smallest absolute Gasteiger partial charge is 0.271 e. The van der Waals surface area contributed by atoms with Gasteiger partial charge in [-0.15, -0.1) is 11.3 Å². The zero-order valence-corrected chi connectivity index (χ0v) is 15.9. The van der Waals surface area contributed by atoms with Crippen molar-refractivity contribution in [1.82, 2.24) is 10.3 Å². The van der Waals surface area contributed by atoms with Gasteiger partial charge in [0.1, 0.15) is 11.4 Å². The maximum Gasteiger partial charge on any atom is 0.271 e. The van der Waals surface area contributed by atoms with E-state index >= 15 is 0 Å².